The zero-order chi connectivity index (χ0) is 11.2. The van der Waals surface area contributed by atoms with Gasteiger partial charge >= 0.3 is 0 Å². The zero-order valence-electron chi connectivity index (χ0n) is 10.2. The van der Waals surface area contributed by atoms with Crippen molar-refractivity contribution in [3.63, 3.8) is 0 Å². The van der Waals surface area contributed by atoms with Gasteiger partial charge in [-0.1, -0.05) is 31.2 Å². The average molecular weight is 215 g/mol. The fourth-order valence-corrected chi connectivity index (χ4v) is 2.12. The standard InChI is InChI=1S/C15H21N/c1-2-14-6-8-15(9-7-14)10-13-16-11-4-3-5-12-16/h6-10,13H,2-5,11-12H2,1H3/b13-10+. The molecule has 2 rings (SSSR count). The summed E-state index contributed by atoms with van der Waals surface area (Å²) in [6.07, 6.45) is 9.69. The molecule has 16 heavy (non-hydrogen) atoms. The fourth-order valence-electron chi connectivity index (χ4n) is 2.12. The minimum Gasteiger partial charge on any atom is -0.377 e. The minimum atomic E-state index is 1.12. The molecule has 1 aromatic rings. The Balaban J connectivity index is 1.94. The minimum absolute atomic E-state index is 1.12. The maximum atomic E-state index is 2.43. The second-order valence-electron chi connectivity index (χ2n) is 4.51. The van der Waals surface area contributed by atoms with Crippen molar-refractivity contribution in [2.75, 3.05) is 13.1 Å². The molecule has 0 unspecified atom stereocenters. The highest BCUT2D eigenvalue weighted by atomic mass is 15.1. The largest absolute Gasteiger partial charge is 0.377 e. The lowest BCUT2D eigenvalue weighted by Crippen LogP contribution is -2.23. The molecule has 0 N–H and O–H groups in total. The summed E-state index contributed by atoms with van der Waals surface area (Å²) in [6, 6.07) is 8.85. The Morgan fingerprint density at radius 1 is 1.06 bits per heavy atom. The molecule has 1 aromatic carbocycles. The van der Waals surface area contributed by atoms with Crippen molar-refractivity contribution >= 4 is 6.08 Å². The first-order valence-corrected chi connectivity index (χ1v) is 6.39. The number of hydrogen-bond donors (Lipinski definition) is 0. The third-order valence-electron chi connectivity index (χ3n) is 3.26. The van der Waals surface area contributed by atoms with Gasteiger partial charge in [0.15, 0.2) is 0 Å². The highest BCUT2D eigenvalue weighted by Crippen LogP contribution is 2.11. The molecule has 0 radical (unpaired) electrons. The number of benzene rings is 1. The lowest BCUT2D eigenvalue weighted by molar-refractivity contribution is 0.311. The first kappa shape index (κ1) is 11.3. The molecule has 0 aromatic heterocycles. The lowest BCUT2D eigenvalue weighted by atomic mass is 10.1. The summed E-state index contributed by atoms with van der Waals surface area (Å²) in [5.41, 5.74) is 2.72. The zero-order valence-corrected chi connectivity index (χ0v) is 10.2. The highest BCUT2D eigenvalue weighted by Gasteiger charge is 2.04. The van der Waals surface area contributed by atoms with Gasteiger partial charge in [0.1, 0.15) is 0 Å². The van der Waals surface area contributed by atoms with E-state index >= 15 is 0 Å². The number of hydrogen-bond acceptors (Lipinski definition) is 1. The molecule has 1 aliphatic rings. The number of nitrogens with zero attached hydrogens (tertiary/aromatic N) is 1. The number of piperidine rings is 1. The van der Waals surface area contributed by atoms with Crippen LogP contribution in [-0.2, 0) is 6.42 Å². The first-order chi connectivity index (χ1) is 7.88. The normalized spacial score (nSPS) is 16.9. The molecule has 1 heterocycles. The third-order valence-corrected chi connectivity index (χ3v) is 3.26. The Labute approximate surface area is 98.8 Å². The second kappa shape index (κ2) is 5.74. The van der Waals surface area contributed by atoms with Crippen LogP contribution in [0.15, 0.2) is 30.5 Å². The molecule has 1 aliphatic heterocycles. The van der Waals surface area contributed by atoms with Crippen LogP contribution in [0.1, 0.15) is 37.3 Å². The predicted octanol–water partition coefficient (Wildman–Crippen LogP) is 3.71. The number of rotatable bonds is 3. The molecule has 1 heteroatoms. The second-order valence-corrected chi connectivity index (χ2v) is 4.51. The van der Waals surface area contributed by atoms with E-state index in [0.29, 0.717) is 0 Å². The van der Waals surface area contributed by atoms with Crippen molar-refractivity contribution in [2.24, 2.45) is 0 Å². The number of likely N-dealkylation sites (tertiary alicyclic amines) is 1. The fraction of sp³-hybridized carbons (Fsp3) is 0.467. The average Bonchev–Trinajstić information content (AvgIpc) is 2.38. The Morgan fingerprint density at radius 2 is 1.75 bits per heavy atom. The van der Waals surface area contributed by atoms with Crippen LogP contribution in [-0.4, -0.2) is 18.0 Å². The Bertz CT molecular complexity index is 331. The van der Waals surface area contributed by atoms with E-state index in [0.717, 1.165) is 6.42 Å². The van der Waals surface area contributed by atoms with E-state index in [-0.39, 0.29) is 0 Å². The maximum Gasteiger partial charge on any atom is 0.0172 e. The quantitative estimate of drug-likeness (QED) is 0.743. The van der Waals surface area contributed by atoms with E-state index in [1.807, 2.05) is 0 Å². The Kier molecular flexibility index (Phi) is 4.03. The molecule has 1 nitrogen and oxygen atoms in total. The van der Waals surface area contributed by atoms with Crippen molar-refractivity contribution in [2.45, 2.75) is 32.6 Å². The molecular weight excluding hydrogens is 194 g/mol. The van der Waals surface area contributed by atoms with Gasteiger partial charge in [0.05, 0.1) is 0 Å². The van der Waals surface area contributed by atoms with Crippen LogP contribution in [0.25, 0.3) is 6.08 Å². The van der Waals surface area contributed by atoms with E-state index in [2.05, 4.69) is 48.4 Å². The van der Waals surface area contributed by atoms with Crippen LogP contribution in [0.5, 0.6) is 0 Å². The molecule has 0 spiro atoms. The van der Waals surface area contributed by atoms with E-state index < -0.39 is 0 Å². The third kappa shape index (κ3) is 3.13. The highest BCUT2D eigenvalue weighted by molar-refractivity contribution is 5.49. The molecule has 1 saturated heterocycles. The lowest BCUT2D eigenvalue weighted by Gasteiger charge is -2.24. The van der Waals surface area contributed by atoms with Gasteiger partial charge in [-0.15, -0.1) is 0 Å². The first-order valence-electron chi connectivity index (χ1n) is 6.39. The van der Waals surface area contributed by atoms with Crippen LogP contribution < -0.4 is 0 Å². The van der Waals surface area contributed by atoms with Crippen LogP contribution >= 0.6 is 0 Å². The predicted molar refractivity (Wildman–Crippen MR) is 70.3 cm³/mol. The maximum absolute atomic E-state index is 2.43. The van der Waals surface area contributed by atoms with Gasteiger partial charge < -0.3 is 4.90 Å². The van der Waals surface area contributed by atoms with Gasteiger partial charge in [-0.3, -0.25) is 0 Å². The summed E-state index contributed by atoms with van der Waals surface area (Å²) < 4.78 is 0. The van der Waals surface area contributed by atoms with E-state index in [1.165, 1.54) is 43.5 Å². The van der Waals surface area contributed by atoms with Crippen LogP contribution in [0, 0.1) is 0 Å². The molecule has 0 atom stereocenters. The van der Waals surface area contributed by atoms with Crippen LogP contribution in [0.4, 0.5) is 0 Å². The van der Waals surface area contributed by atoms with Gasteiger partial charge in [0.25, 0.3) is 0 Å². The van der Waals surface area contributed by atoms with Crippen molar-refractivity contribution in [1.29, 1.82) is 0 Å². The summed E-state index contributed by atoms with van der Waals surface area (Å²) in [4.78, 5) is 2.43. The van der Waals surface area contributed by atoms with Crippen LogP contribution in [0.3, 0.4) is 0 Å². The molecule has 0 amide bonds. The van der Waals surface area contributed by atoms with Gasteiger partial charge in [0, 0.05) is 13.1 Å². The summed E-state index contributed by atoms with van der Waals surface area (Å²) in [6.45, 7) is 4.64. The van der Waals surface area contributed by atoms with Crippen molar-refractivity contribution in [3.8, 4) is 0 Å². The summed E-state index contributed by atoms with van der Waals surface area (Å²) in [5.74, 6) is 0. The smallest absolute Gasteiger partial charge is 0.0172 e. The van der Waals surface area contributed by atoms with Gasteiger partial charge in [-0.25, -0.2) is 0 Å². The van der Waals surface area contributed by atoms with Crippen molar-refractivity contribution in [1.82, 2.24) is 4.90 Å². The topological polar surface area (TPSA) is 3.24 Å². The molecule has 0 aliphatic carbocycles. The van der Waals surface area contributed by atoms with Crippen LogP contribution in [0.2, 0.25) is 0 Å². The Hall–Kier alpha value is -1.24. The van der Waals surface area contributed by atoms with E-state index in [4.69, 9.17) is 0 Å². The summed E-state index contributed by atoms with van der Waals surface area (Å²) >= 11 is 0. The van der Waals surface area contributed by atoms with Crippen molar-refractivity contribution < 1.29 is 0 Å². The Morgan fingerprint density at radius 3 is 2.38 bits per heavy atom. The monoisotopic (exact) mass is 215 g/mol. The molecule has 1 fully saturated rings. The van der Waals surface area contributed by atoms with E-state index in [1.54, 1.807) is 0 Å². The SMILES string of the molecule is CCc1ccc(/C=C/N2CCCCC2)cc1. The van der Waals surface area contributed by atoms with Gasteiger partial charge in [-0.05, 0) is 49.1 Å². The molecule has 0 saturated carbocycles. The van der Waals surface area contributed by atoms with Gasteiger partial charge in [0.2, 0.25) is 0 Å². The summed E-state index contributed by atoms with van der Waals surface area (Å²) in [7, 11) is 0. The van der Waals surface area contributed by atoms with Gasteiger partial charge in [-0.2, -0.15) is 0 Å². The van der Waals surface area contributed by atoms with E-state index in [9.17, 15) is 0 Å². The molecular formula is C15H21N. The molecule has 0 bridgehead atoms. The molecule has 86 valence electrons. The summed E-state index contributed by atoms with van der Waals surface area (Å²) in [5, 5.41) is 0. The number of aryl methyl sites for hydroxylation is 1. The van der Waals surface area contributed by atoms with Crippen molar-refractivity contribution in [3.05, 3.63) is 41.6 Å².